The van der Waals surface area contributed by atoms with Crippen molar-refractivity contribution in [3.63, 3.8) is 0 Å². The minimum atomic E-state index is -3.64. The summed E-state index contributed by atoms with van der Waals surface area (Å²) in [6.07, 6.45) is 2.82. The van der Waals surface area contributed by atoms with Crippen LogP contribution < -0.4 is 5.30 Å². The maximum Gasteiger partial charge on any atom is 0.264 e. The van der Waals surface area contributed by atoms with E-state index in [9.17, 15) is 14.1 Å². The van der Waals surface area contributed by atoms with Gasteiger partial charge in [0.25, 0.3) is 7.37 Å². The lowest BCUT2D eigenvalue weighted by Gasteiger charge is -2.39. The number of rotatable bonds is 6. The van der Waals surface area contributed by atoms with Crippen LogP contribution in [0.25, 0.3) is 0 Å². The van der Waals surface area contributed by atoms with Gasteiger partial charge in [0.2, 0.25) is 0 Å². The smallest absolute Gasteiger partial charge is 0.264 e. The molecular formula is C23H30FO3P. The van der Waals surface area contributed by atoms with Gasteiger partial charge in [0.05, 0.1) is 6.10 Å². The van der Waals surface area contributed by atoms with Gasteiger partial charge in [0, 0.05) is 5.30 Å². The zero-order valence-corrected chi connectivity index (χ0v) is 17.7. The monoisotopic (exact) mass is 404 g/mol. The predicted molar refractivity (Wildman–Crippen MR) is 111 cm³/mol. The Hall–Kier alpha value is -1.48. The molecule has 28 heavy (non-hydrogen) atoms. The third-order valence-corrected chi connectivity index (χ3v) is 8.40. The van der Waals surface area contributed by atoms with E-state index in [2.05, 4.69) is 20.8 Å². The molecule has 1 aliphatic carbocycles. The lowest BCUT2D eigenvalue weighted by molar-refractivity contribution is 0.0427. The first-order valence-corrected chi connectivity index (χ1v) is 11.8. The molecule has 0 spiro atoms. The molecular weight excluding hydrogens is 374 g/mol. The van der Waals surface area contributed by atoms with Crippen molar-refractivity contribution in [3.8, 4) is 0 Å². The van der Waals surface area contributed by atoms with E-state index in [1.807, 2.05) is 6.07 Å². The lowest BCUT2D eigenvalue weighted by Crippen LogP contribution is -2.35. The van der Waals surface area contributed by atoms with Crippen LogP contribution in [-0.2, 0) is 9.09 Å². The fourth-order valence-electron chi connectivity index (χ4n) is 4.16. The Kier molecular flexibility index (Phi) is 6.75. The summed E-state index contributed by atoms with van der Waals surface area (Å²) in [5.74, 6) is -0.529. The summed E-state index contributed by atoms with van der Waals surface area (Å²) in [5, 5.41) is 11.6. The zero-order valence-electron chi connectivity index (χ0n) is 16.8. The molecule has 2 aromatic carbocycles. The molecule has 1 aliphatic rings. The molecule has 1 fully saturated rings. The van der Waals surface area contributed by atoms with Crippen LogP contribution >= 0.6 is 7.37 Å². The average molecular weight is 404 g/mol. The van der Waals surface area contributed by atoms with E-state index in [4.69, 9.17) is 4.52 Å². The Labute approximate surface area is 167 Å². The van der Waals surface area contributed by atoms with E-state index in [0.717, 1.165) is 19.3 Å². The second-order valence-electron chi connectivity index (χ2n) is 8.33. The molecule has 0 bridgehead atoms. The van der Waals surface area contributed by atoms with Crippen molar-refractivity contribution in [1.82, 2.24) is 0 Å². The number of aliphatic hydroxyl groups is 1. The molecule has 1 saturated carbocycles. The van der Waals surface area contributed by atoms with Crippen LogP contribution in [0, 0.1) is 23.6 Å². The highest BCUT2D eigenvalue weighted by molar-refractivity contribution is 7.67. The van der Waals surface area contributed by atoms with Gasteiger partial charge in [-0.05, 0) is 60.4 Å². The fraction of sp³-hybridized carbons (Fsp3) is 0.478. The molecule has 1 N–H and O–H groups in total. The van der Waals surface area contributed by atoms with Gasteiger partial charge in [-0.1, -0.05) is 57.5 Å². The van der Waals surface area contributed by atoms with Gasteiger partial charge in [-0.3, -0.25) is 4.57 Å². The van der Waals surface area contributed by atoms with Crippen molar-refractivity contribution in [2.24, 2.45) is 17.8 Å². The molecule has 2 aromatic rings. The maximum absolute atomic E-state index is 14.2. The van der Waals surface area contributed by atoms with Crippen molar-refractivity contribution in [2.45, 2.75) is 52.0 Å². The Balaban J connectivity index is 1.99. The van der Waals surface area contributed by atoms with Gasteiger partial charge in [0.1, 0.15) is 5.82 Å². The van der Waals surface area contributed by atoms with E-state index >= 15 is 0 Å². The number of aliphatic hydroxyl groups excluding tert-OH is 1. The topological polar surface area (TPSA) is 46.5 Å². The minimum Gasteiger partial charge on any atom is -0.378 e. The largest absolute Gasteiger partial charge is 0.378 e. The molecule has 152 valence electrons. The van der Waals surface area contributed by atoms with E-state index in [1.165, 1.54) is 24.3 Å². The highest BCUT2D eigenvalue weighted by Gasteiger charge is 2.42. The van der Waals surface area contributed by atoms with E-state index in [1.54, 1.807) is 24.3 Å². The third-order valence-electron chi connectivity index (χ3n) is 5.86. The van der Waals surface area contributed by atoms with Crippen molar-refractivity contribution in [3.05, 3.63) is 66.0 Å². The Morgan fingerprint density at radius 3 is 2.32 bits per heavy atom. The van der Waals surface area contributed by atoms with Crippen LogP contribution in [-0.4, -0.2) is 11.2 Å². The number of hydrogen-bond donors (Lipinski definition) is 1. The standard InChI is InChI=1S/C23H30FO3P/c1-16(2)21-14-9-17(3)15-22(21)27-28(26,20-7-5-4-6-8-20)23(25)18-10-12-19(24)13-11-18/h4-8,10-13,16-17,21-23,25H,9,14-15H2,1-3H3/t17-,21+,22+,23-,28+/m1/s1. The second-order valence-corrected chi connectivity index (χ2v) is 10.7. The Morgan fingerprint density at radius 1 is 1.07 bits per heavy atom. The maximum atomic E-state index is 14.2. The summed E-state index contributed by atoms with van der Waals surface area (Å²) in [5.41, 5.74) is 0.401. The van der Waals surface area contributed by atoms with Gasteiger partial charge in [-0.25, -0.2) is 4.39 Å². The summed E-state index contributed by atoms with van der Waals surface area (Å²) in [4.78, 5) is 0. The highest BCUT2D eigenvalue weighted by Crippen LogP contribution is 2.60. The first kappa shape index (κ1) is 21.2. The molecule has 3 rings (SSSR count). The zero-order chi connectivity index (χ0) is 20.3. The minimum absolute atomic E-state index is 0.176. The van der Waals surface area contributed by atoms with E-state index in [0.29, 0.717) is 28.6 Å². The van der Waals surface area contributed by atoms with Gasteiger partial charge in [0.15, 0.2) is 5.85 Å². The van der Waals surface area contributed by atoms with Crippen LogP contribution in [0.5, 0.6) is 0 Å². The van der Waals surface area contributed by atoms with Crippen molar-refractivity contribution < 1.29 is 18.6 Å². The normalized spacial score (nSPS) is 26.0. The quantitative estimate of drug-likeness (QED) is 0.610. The van der Waals surface area contributed by atoms with Crippen LogP contribution in [0.3, 0.4) is 0 Å². The molecule has 0 aromatic heterocycles. The molecule has 0 amide bonds. The summed E-state index contributed by atoms with van der Waals surface area (Å²) in [6.45, 7) is 6.53. The Morgan fingerprint density at radius 2 is 1.71 bits per heavy atom. The molecule has 0 saturated heterocycles. The molecule has 0 heterocycles. The van der Waals surface area contributed by atoms with Crippen molar-refractivity contribution >= 4 is 12.7 Å². The lowest BCUT2D eigenvalue weighted by atomic mass is 9.75. The van der Waals surface area contributed by atoms with Crippen molar-refractivity contribution in [1.29, 1.82) is 0 Å². The molecule has 0 aliphatic heterocycles. The van der Waals surface area contributed by atoms with Gasteiger partial charge in [-0.2, -0.15) is 0 Å². The third kappa shape index (κ3) is 4.56. The molecule has 0 unspecified atom stereocenters. The van der Waals surface area contributed by atoms with Crippen LogP contribution in [0.4, 0.5) is 4.39 Å². The number of hydrogen-bond acceptors (Lipinski definition) is 3. The first-order valence-electron chi connectivity index (χ1n) is 10.1. The predicted octanol–water partition coefficient (Wildman–Crippen LogP) is 5.90. The van der Waals surface area contributed by atoms with E-state index in [-0.39, 0.29) is 6.10 Å². The number of benzene rings is 2. The van der Waals surface area contributed by atoms with Crippen LogP contribution in [0.1, 0.15) is 51.4 Å². The molecule has 3 nitrogen and oxygen atoms in total. The average Bonchev–Trinajstić information content (AvgIpc) is 2.68. The summed E-state index contributed by atoms with van der Waals surface area (Å²) >= 11 is 0. The number of halogens is 1. The summed E-state index contributed by atoms with van der Waals surface area (Å²) in [6, 6.07) is 14.4. The highest BCUT2D eigenvalue weighted by atomic mass is 31.2. The Bertz CT molecular complexity index is 806. The van der Waals surface area contributed by atoms with Gasteiger partial charge >= 0.3 is 0 Å². The van der Waals surface area contributed by atoms with Crippen molar-refractivity contribution in [2.75, 3.05) is 0 Å². The van der Waals surface area contributed by atoms with Gasteiger partial charge in [-0.15, -0.1) is 0 Å². The van der Waals surface area contributed by atoms with Crippen LogP contribution in [0.2, 0.25) is 0 Å². The molecule has 5 atom stereocenters. The summed E-state index contributed by atoms with van der Waals surface area (Å²) < 4.78 is 33.9. The summed E-state index contributed by atoms with van der Waals surface area (Å²) in [7, 11) is -3.64. The fourth-order valence-corrected chi connectivity index (χ4v) is 6.48. The SMILES string of the molecule is CC(C)[C@@H]1CC[C@@H](C)C[C@@H]1O[P@@](=O)(c1ccccc1)[C@@H](O)c1ccc(F)cc1. The molecule has 5 heteroatoms. The second kappa shape index (κ2) is 8.90. The molecule has 0 radical (unpaired) electrons. The first-order chi connectivity index (χ1) is 13.3. The van der Waals surface area contributed by atoms with E-state index < -0.39 is 19.0 Å². The van der Waals surface area contributed by atoms with Gasteiger partial charge < -0.3 is 9.63 Å². The van der Waals surface area contributed by atoms with Crippen LogP contribution in [0.15, 0.2) is 54.6 Å².